The van der Waals surface area contributed by atoms with Crippen LogP contribution in [-0.2, 0) is 0 Å². The molecule has 0 rings (SSSR count). The standard InChI is InChI=1S/C12H24Se2/c1-3-5-7-9-13-11-12-14-10-8-6-4-2/h11-12H,3-10H2,1-2H3/b12-11-. The van der Waals surface area contributed by atoms with Crippen molar-refractivity contribution in [2.24, 2.45) is 0 Å². The summed E-state index contributed by atoms with van der Waals surface area (Å²) in [6.07, 6.45) is 8.48. The van der Waals surface area contributed by atoms with Crippen LogP contribution in [0.25, 0.3) is 0 Å². The van der Waals surface area contributed by atoms with Crippen LogP contribution in [0, 0.1) is 0 Å². The Labute approximate surface area is 103 Å². The Morgan fingerprint density at radius 1 is 0.714 bits per heavy atom. The Morgan fingerprint density at radius 2 is 1.14 bits per heavy atom. The molecule has 0 unspecified atom stereocenters. The summed E-state index contributed by atoms with van der Waals surface area (Å²) in [4.78, 5) is 4.93. The molecule has 0 spiro atoms. The van der Waals surface area contributed by atoms with E-state index in [1.807, 2.05) is 0 Å². The van der Waals surface area contributed by atoms with Crippen molar-refractivity contribution in [1.29, 1.82) is 0 Å². The molecule has 0 radical (unpaired) electrons. The zero-order valence-corrected chi connectivity index (χ0v) is 13.1. The molecule has 0 aromatic heterocycles. The van der Waals surface area contributed by atoms with Crippen LogP contribution in [0.2, 0.25) is 10.6 Å². The maximum atomic E-state index is 2.47. The Bertz CT molecular complexity index is 107. The second-order valence-corrected chi connectivity index (χ2v) is 7.68. The Hall–Kier alpha value is 0.779. The molecule has 14 heavy (non-hydrogen) atoms. The Morgan fingerprint density at radius 3 is 1.50 bits per heavy atom. The van der Waals surface area contributed by atoms with Gasteiger partial charge in [-0.2, -0.15) is 0 Å². The van der Waals surface area contributed by atoms with Gasteiger partial charge in [-0.3, -0.25) is 0 Å². The minimum absolute atomic E-state index is 0.807. The van der Waals surface area contributed by atoms with Crippen LogP contribution in [0.1, 0.15) is 52.4 Å². The van der Waals surface area contributed by atoms with E-state index in [1.165, 1.54) is 49.2 Å². The fraction of sp³-hybridized carbons (Fsp3) is 0.833. The molecular weight excluding hydrogens is 302 g/mol. The van der Waals surface area contributed by atoms with Crippen LogP contribution in [0.15, 0.2) is 9.95 Å². The molecule has 0 aromatic carbocycles. The average Bonchev–Trinajstić information content (AvgIpc) is 2.21. The zero-order chi connectivity index (χ0) is 10.5. The fourth-order valence-corrected chi connectivity index (χ4v) is 5.26. The zero-order valence-electron chi connectivity index (χ0n) is 9.63. The predicted octanol–water partition coefficient (Wildman–Crippen LogP) is 4.08. The number of rotatable bonds is 10. The summed E-state index contributed by atoms with van der Waals surface area (Å²) < 4.78 is 0. The maximum absolute atomic E-state index is 2.47. The third kappa shape index (κ3) is 12.8. The first kappa shape index (κ1) is 14.8. The first-order chi connectivity index (χ1) is 6.91. The molecule has 0 aliphatic heterocycles. The van der Waals surface area contributed by atoms with E-state index in [1.54, 1.807) is 0 Å². The summed E-state index contributed by atoms with van der Waals surface area (Å²) in [6, 6.07) is 0. The van der Waals surface area contributed by atoms with Gasteiger partial charge in [-0.1, -0.05) is 0 Å². The molecule has 0 aliphatic rings. The van der Waals surface area contributed by atoms with E-state index in [2.05, 4.69) is 23.8 Å². The van der Waals surface area contributed by atoms with Gasteiger partial charge in [-0.05, 0) is 0 Å². The molecule has 0 aliphatic carbocycles. The summed E-state index contributed by atoms with van der Waals surface area (Å²) in [5, 5.41) is 2.92. The normalized spacial score (nSPS) is 11.3. The van der Waals surface area contributed by atoms with Gasteiger partial charge in [0.25, 0.3) is 0 Å². The van der Waals surface area contributed by atoms with E-state index < -0.39 is 0 Å². The van der Waals surface area contributed by atoms with Gasteiger partial charge < -0.3 is 0 Å². The van der Waals surface area contributed by atoms with Crippen LogP contribution in [0.4, 0.5) is 0 Å². The summed E-state index contributed by atoms with van der Waals surface area (Å²) in [7, 11) is 0. The van der Waals surface area contributed by atoms with Gasteiger partial charge in [0.15, 0.2) is 0 Å². The van der Waals surface area contributed by atoms with E-state index in [0.717, 1.165) is 29.9 Å². The molecule has 0 aromatic rings. The van der Waals surface area contributed by atoms with Gasteiger partial charge in [0.1, 0.15) is 0 Å². The van der Waals surface area contributed by atoms with Crippen molar-refractivity contribution in [2.75, 3.05) is 0 Å². The quantitative estimate of drug-likeness (QED) is 0.419. The van der Waals surface area contributed by atoms with Crippen molar-refractivity contribution in [3.63, 3.8) is 0 Å². The summed E-state index contributed by atoms with van der Waals surface area (Å²) >= 11 is 1.61. The van der Waals surface area contributed by atoms with Crippen LogP contribution >= 0.6 is 0 Å². The van der Waals surface area contributed by atoms with E-state index in [9.17, 15) is 0 Å². The minimum atomic E-state index is 0.807. The van der Waals surface area contributed by atoms with Gasteiger partial charge in [0.2, 0.25) is 0 Å². The molecule has 0 heterocycles. The van der Waals surface area contributed by atoms with Crippen molar-refractivity contribution < 1.29 is 0 Å². The average molecular weight is 326 g/mol. The predicted molar refractivity (Wildman–Crippen MR) is 69.3 cm³/mol. The first-order valence-electron chi connectivity index (χ1n) is 5.80. The Balaban J connectivity index is 2.96. The monoisotopic (exact) mass is 328 g/mol. The van der Waals surface area contributed by atoms with Crippen molar-refractivity contribution >= 4 is 29.9 Å². The molecule has 0 saturated heterocycles. The van der Waals surface area contributed by atoms with Crippen molar-refractivity contribution in [2.45, 2.75) is 63.0 Å². The van der Waals surface area contributed by atoms with Gasteiger partial charge >= 0.3 is 103 Å². The van der Waals surface area contributed by atoms with Crippen LogP contribution in [0.5, 0.6) is 0 Å². The molecule has 0 nitrogen and oxygen atoms in total. The molecule has 0 atom stereocenters. The summed E-state index contributed by atoms with van der Waals surface area (Å²) in [6.45, 7) is 4.55. The van der Waals surface area contributed by atoms with E-state index in [4.69, 9.17) is 0 Å². The topological polar surface area (TPSA) is 0 Å². The molecule has 0 amide bonds. The molecule has 0 saturated carbocycles. The Kier molecular flexibility index (Phi) is 14.5. The van der Waals surface area contributed by atoms with Crippen LogP contribution in [-0.4, -0.2) is 29.9 Å². The van der Waals surface area contributed by atoms with Crippen LogP contribution < -0.4 is 0 Å². The van der Waals surface area contributed by atoms with E-state index >= 15 is 0 Å². The third-order valence-electron chi connectivity index (χ3n) is 1.98. The first-order valence-corrected chi connectivity index (χ1v) is 10.2. The molecule has 0 bridgehead atoms. The molecule has 0 N–H and O–H groups in total. The van der Waals surface area contributed by atoms with Crippen molar-refractivity contribution in [1.82, 2.24) is 0 Å². The van der Waals surface area contributed by atoms with Gasteiger partial charge in [0, 0.05) is 0 Å². The summed E-state index contributed by atoms with van der Waals surface area (Å²) in [5.74, 6) is 0. The number of hydrogen-bond donors (Lipinski definition) is 0. The van der Waals surface area contributed by atoms with E-state index in [0.29, 0.717) is 0 Å². The van der Waals surface area contributed by atoms with Gasteiger partial charge in [-0.15, -0.1) is 0 Å². The fourth-order valence-electron chi connectivity index (χ4n) is 1.09. The molecule has 0 fully saturated rings. The SMILES string of the molecule is CCCCC[Se]/C=C\[Se]CCCCC. The van der Waals surface area contributed by atoms with Crippen LogP contribution in [0.3, 0.4) is 0 Å². The summed E-state index contributed by atoms with van der Waals surface area (Å²) in [5.41, 5.74) is 0. The number of unbranched alkanes of at least 4 members (excludes halogenated alkanes) is 4. The van der Waals surface area contributed by atoms with Crippen molar-refractivity contribution in [3.8, 4) is 0 Å². The van der Waals surface area contributed by atoms with Gasteiger partial charge in [-0.25, -0.2) is 0 Å². The van der Waals surface area contributed by atoms with E-state index in [-0.39, 0.29) is 0 Å². The number of hydrogen-bond acceptors (Lipinski definition) is 0. The third-order valence-corrected chi connectivity index (χ3v) is 6.43. The second kappa shape index (κ2) is 13.8. The molecule has 2 heteroatoms. The van der Waals surface area contributed by atoms with Crippen molar-refractivity contribution in [3.05, 3.63) is 9.95 Å². The molecule has 84 valence electrons. The van der Waals surface area contributed by atoms with Gasteiger partial charge in [0.05, 0.1) is 0 Å². The molecular formula is C12H24Se2. The second-order valence-electron chi connectivity index (χ2n) is 3.43.